The zero-order valence-electron chi connectivity index (χ0n) is 7.96. The van der Waals surface area contributed by atoms with Crippen LogP contribution in [0, 0.1) is 0 Å². The van der Waals surface area contributed by atoms with Gasteiger partial charge in [-0.1, -0.05) is 11.6 Å². The third-order valence-corrected chi connectivity index (χ3v) is 2.11. The quantitative estimate of drug-likeness (QED) is 0.518. The minimum atomic E-state index is -2.92. The van der Waals surface area contributed by atoms with Crippen molar-refractivity contribution >= 4 is 34.7 Å². The average molecular weight is 269 g/mol. The largest absolute Gasteiger partial charge is 0.433 e. The van der Waals surface area contributed by atoms with Crippen molar-refractivity contribution in [2.24, 2.45) is 10.7 Å². The van der Waals surface area contributed by atoms with Crippen LogP contribution in [0.1, 0.15) is 0 Å². The molecule has 0 spiro atoms. The molecule has 2 N–H and O–H groups in total. The van der Waals surface area contributed by atoms with Crippen LogP contribution in [0.5, 0.6) is 5.75 Å². The smallest absolute Gasteiger partial charge is 0.387 e. The lowest BCUT2D eigenvalue weighted by Gasteiger charge is -2.06. The van der Waals surface area contributed by atoms with Gasteiger partial charge in [0.05, 0.1) is 16.6 Å². The Balaban J connectivity index is 2.91. The molecule has 0 aromatic heterocycles. The molecular formula is C9H8Cl2F2N2O. The molecule has 16 heavy (non-hydrogen) atoms. The van der Waals surface area contributed by atoms with Crippen molar-refractivity contribution in [2.45, 2.75) is 6.61 Å². The molecule has 0 bridgehead atoms. The van der Waals surface area contributed by atoms with Crippen LogP contribution < -0.4 is 10.5 Å². The van der Waals surface area contributed by atoms with Gasteiger partial charge in [-0.25, -0.2) is 4.99 Å². The second kappa shape index (κ2) is 5.86. The molecule has 0 aliphatic heterocycles. The molecule has 0 aliphatic rings. The van der Waals surface area contributed by atoms with Crippen molar-refractivity contribution < 1.29 is 13.5 Å². The Morgan fingerprint density at radius 3 is 2.69 bits per heavy atom. The van der Waals surface area contributed by atoms with Crippen LogP contribution in [0.25, 0.3) is 0 Å². The fraction of sp³-hybridized carbons (Fsp3) is 0.222. The number of rotatable bonds is 4. The van der Waals surface area contributed by atoms with Crippen molar-refractivity contribution in [2.75, 3.05) is 5.88 Å². The van der Waals surface area contributed by atoms with E-state index in [1.165, 1.54) is 18.2 Å². The zero-order valence-corrected chi connectivity index (χ0v) is 9.47. The minimum absolute atomic E-state index is 0.0314. The van der Waals surface area contributed by atoms with Gasteiger partial charge in [-0.05, 0) is 18.2 Å². The second-order valence-corrected chi connectivity index (χ2v) is 3.40. The first-order chi connectivity index (χ1) is 7.52. The van der Waals surface area contributed by atoms with Crippen molar-refractivity contribution in [3.05, 3.63) is 23.2 Å². The first-order valence-corrected chi connectivity index (χ1v) is 5.07. The number of ether oxygens (including phenoxy) is 1. The van der Waals surface area contributed by atoms with E-state index in [4.69, 9.17) is 28.9 Å². The lowest BCUT2D eigenvalue weighted by molar-refractivity contribution is -0.0497. The second-order valence-electron chi connectivity index (χ2n) is 2.73. The third kappa shape index (κ3) is 3.83. The van der Waals surface area contributed by atoms with E-state index in [0.717, 1.165) is 0 Å². The first-order valence-electron chi connectivity index (χ1n) is 4.16. The van der Waals surface area contributed by atoms with E-state index < -0.39 is 6.61 Å². The molecule has 1 aromatic carbocycles. The van der Waals surface area contributed by atoms with Gasteiger partial charge in [0, 0.05) is 0 Å². The van der Waals surface area contributed by atoms with Crippen LogP contribution in [0.2, 0.25) is 5.02 Å². The predicted octanol–water partition coefficient (Wildman–Crippen LogP) is 3.17. The van der Waals surface area contributed by atoms with Gasteiger partial charge in [-0.2, -0.15) is 8.78 Å². The number of benzene rings is 1. The number of alkyl halides is 3. The van der Waals surface area contributed by atoms with E-state index >= 15 is 0 Å². The highest BCUT2D eigenvalue weighted by atomic mass is 35.5. The molecule has 0 saturated carbocycles. The molecule has 0 amide bonds. The maximum atomic E-state index is 11.9. The Hall–Kier alpha value is -1.07. The number of aliphatic imine (C=N–C) groups is 1. The summed E-state index contributed by atoms with van der Waals surface area (Å²) in [4.78, 5) is 3.89. The number of hydrogen-bond donors (Lipinski definition) is 1. The van der Waals surface area contributed by atoms with E-state index in [2.05, 4.69) is 9.73 Å². The fourth-order valence-corrected chi connectivity index (χ4v) is 1.23. The number of amidine groups is 1. The Morgan fingerprint density at radius 2 is 2.19 bits per heavy atom. The third-order valence-electron chi connectivity index (χ3n) is 1.54. The summed E-state index contributed by atoms with van der Waals surface area (Å²) >= 11 is 11.1. The highest BCUT2D eigenvalue weighted by molar-refractivity contribution is 6.32. The Kier molecular flexibility index (Phi) is 4.76. The topological polar surface area (TPSA) is 47.6 Å². The van der Waals surface area contributed by atoms with Crippen LogP contribution in [-0.4, -0.2) is 18.3 Å². The summed E-state index contributed by atoms with van der Waals surface area (Å²) in [5, 5.41) is 0.0314. The molecule has 1 rings (SSSR count). The Bertz CT molecular complexity index is 399. The highest BCUT2D eigenvalue weighted by Gasteiger charge is 2.08. The van der Waals surface area contributed by atoms with E-state index in [1.807, 2.05) is 0 Å². The van der Waals surface area contributed by atoms with Crippen molar-refractivity contribution in [1.29, 1.82) is 0 Å². The van der Waals surface area contributed by atoms with E-state index in [1.54, 1.807) is 0 Å². The molecule has 0 aliphatic carbocycles. The molecule has 0 saturated heterocycles. The minimum Gasteiger partial charge on any atom is -0.433 e. The van der Waals surface area contributed by atoms with E-state index in [0.29, 0.717) is 5.69 Å². The van der Waals surface area contributed by atoms with Crippen LogP contribution >= 0.6 is 23.2 Å². The van der Waals surface area contributed by atoms with Crippen LogP contribution in [0.4, 0.5) is 14.5 Å². The maximum absolute atomic E-state index is 11.9. The summed E-state index contributed by atoms with van der Waals surface area (Å²) in [5.41, 5.74) is 5.82. The zero-order chi connectivity index (χ0) is 12.1. The number of hydrogen-bond acceptors (Lipinski definition) is 2. The molecule has 0 fully saturated rings. The molecule has 7 heteroatoms. The summed E-state index contributed by atoms with van der Waals surface area (Å²) in [5.74, 6) is 0.174. The van der Waals surface area contributed by atoms with Crippen LogP contribution in [-0.2, 0) is 0 Å². The van der Waals surface area contributed by atoms with E-state index in [9.17, 15) is 8.78 Å². The van der Waals surface area contributed by atoms with Crippen molar-refractivity contribution in [1.82, 2.24) is 0 Å². The predicted molar refractivity (Wildman–Crippen MR) is 60.1 cm³/mol. The number of nitrogens with two attached hydrogens (primary N) is 1. The molecule has 3 nitrogen and oxygen atoms in total. The fourth-order valence-electron chi connectivity index (χ4n) is 0.947. The van der Waals surface area contributed by atoms with Gasteiger partial charge in [0.2, 0.25) is 0 Å². The van der Waals surface area contributed by atoms with Gasteiger partial charge < -0.3 is 10.5 Å². The monoisotopic (exact) mass is 268 g/mol. The summed E-state index contributed by atoms with van der Waals surface area (Å²) < 4.78 is 28.0. The molecule has 0 atom stereocenters. The number of nitrogens with zero attached hydrogens (tertiary/aromatic N) is 1. The molecule has 0 unspecified atom stereocenters. The summed E-state index contributed by atoms with van der Waals surface area (Å²) in [6.07, 6.45) is 0. The Labute approximate surface area is 101 Å². The Morgan fingerprint density at radius 1 is 1.50 bits per heavy atom. The van der Waals surface area contributed by atoms with Gasteiger partial charge in [-0.3, -0.25) is 0 Å². The van der Waals surface area contributed by atoms with Gasteiger partial charge in [-0.15, -0.1) is 11.6 Å². The van der Waals surface area contributed by atoms with E-state index in [-0.39, 0.29) is 22.5 Å². The maximum Gasteiger partial charge on any atom is 0.387 e. The van der Waals surface area contributed by atoms with Gasteiger partial charge in [0.15, 0.2) is 0 Å². The molecule has 0 heterocycles. The van der Waals surface area contributed by atoms with Gasteiger partial charge in [0.25, 0.3) is 0 Å². The average Bonchev–Trinajstić information content (AvgIpc) is 2.21. The molecule has 0 radical (unpaired) electrons. The van der Waals surface area contributed by atoms with Crippen LogP contribution in [0.3, 0.4) is 0 Å². The molecule has 88 valence electrons. The summed E-state index contributed by atoms with van der Waals surface area (Å²) in [6, 6.07) is 4.09. The highest BCUT2D eigenvalue weighted by Crippen LogP contribution is 2.30. The van der Waals surface area contributed by atoms with Crippen molar-refractivity contribution in [3.8, 4) is 5.75 Å². The standard InChI is InChI=1S/C9H8Cl2F2N2O/c10-4-8(14)15-5-1-2-7(6(11)3-5)16-9(12)13/h1-3,9H,4H2,(H2,14,15). The normalized spacial score (nSPS) is 11.9. The SMILES string of the molecule is NC(CCl)=Nc1ccc(OC(F)F)c(Cl)c1. The molecular weight excluding hydrogens is 261 g/mol. The van der Waals surface area contributed by atoms with Gasteiger partial charge in [0.1, 0.15) is 11.6 Å². The lowest BCUT2D eigenvalue weighted by atomic mass is 10.3. The first kappa shape index (κ1) is 13.0. The lowest BCUT2D eigenvalue weighted by Crippen LogP contribution is -2.12. The summed E-state index contributed by atoms with van der Waals surface area (Å²) in [6.45, 7) is -2.92. The molecule has 1 aromatic rings. The number of halogens is 4. The van der Waals surface area contributed by atoms with Crippen molar-refractivity contribution in [3.63, 3.8) is 0 Å². The van der Waals surface area contributed by atoms with Crippen LogP contribution in [0.15, 0.2) is 23.2 Å². The van der Waals surface area contributed by atoms with Gasteiger partial charge >= 0.3 is 6.61 Å². The summed E-state index contributed by atoms with van der Waals surface area (Å²) in [7, 11) is 0.